The summed E-state index contributed by atoms with van der Waals surface area (Å²) in [4.78, 5) is 15.4. The second kappa shape index (κ2) is 8.80. The van der Waals surface area contributed by atoms with E-state index in [1.807, 2.05) is 24.3 Å². The van der Waals surface area contributed by atoms with Gasteiger partial charge in [0, 0.05) is 44.5 Å². The monoisotopic (exact) mass is 396 g/mol. The van der Waals surface area contributed by atoms with Crippen LogP contribution in [0.15, 0.2) is 30.3 Å². The van der Waals surface area contributed by atoms with Crippen molar-refractivity contribution < 1.29 is 14.4 Å². The molecule has 0 aliphatic carbocycles. The summed E-state index contributed by atoms with van der Waals surface area (Å²) in [6.45, 7) is 5.63. The van der Waals surface area contributed by atoms with Gasteiger partial charge in [-0.15, -0.1) is 0 Å². The van der Waals surface area contributed by atoms with Crippen molar-refractivity contribution in [2.75, 3.05) is 45.3 Å². The van der Waals surface area contributed by atoms with Gasteiger partial charge in [0.25, 0.3) is 5.69 Å². The average molecular weight is 396 g/mol. The zero-order valence-corrected chi connectivity index (χ0v) is 16.8. The predicted molar refractivity (Wildman–Crippen MR) is 110 cm³/mol. The molecule has 0 bridgehead atoms. The first-order valence-electron chi connectivity index (χ1n) is 9.34. The minimum atomic E-state index is -0.424. The third kappa shape index (κ3) is 4.41. The van der Waals surface area contributed by atoms with Crippen molar-refractivity contribution in [2.45, 2.75) is 13.5 Å². The summed E-state index contributed by atoms with van der Waals surface area (Å²) < 4.78 is 10.7. The van der Waals surface area contributed by atoms with Crippen molar-refractivity contribution in [2.24, 2.45) is 0 Å². The highest BCUT2D eigenvalue weighted by molar-refractivity contribution is 5.65. The van der Waals surface area contributed by atoms with E-state index >= 15 is 0 Å². The lowest BCUT2D eigenvalue weighted by Crippen LogP contribution is -2.46. The van der Waals surface area contributed by atoms with Crippen LogP contribution in [-0.4, -0.2) is 50.2 Å². The molecule has 8 nitrogen and oxygen atoms in total. The van der Waals surface area contributed by atoms with E-state index in [9.17, 15) is 15.4 Å². The van der Waals surface area contributed by atoms with Gasteiger partial charge in [-0.3, -0.25) is 15.0 Å². The van der Waals surface area contributed by atoms with E-state index in [1.165, 1.54) is 6.07 Å². The van der Waals surface area contributed by atoms with Crippen molar-refractivity contribution in [3.63, 3.8) is 0 Å². The first kappa shape index (κ1) is 20.4. The lowest BCUT2D eigenvalue weighted by Gasteiger charge is -2.36. The average Bonchev–Trinajstić information content (AvgIpc) is 2.74. The largest absolute Gasteiger partial charge is 0.493 e. The zero-order valence-electron chi connectivity index (χ0n) is 16.8. The molecule has 0 atom stereocenters. The Balaban J connectivity index is 1.71. The van der Waals surface area contributed by atoms with E-state index in [1.54, 1.807) is 27.2 Å². The number of ether oxygens (including phenoxy) is 2. The Labute approximate surface area is 170 Å². The minimum Gasteiger partial charge on any atom is -0.493 e. The molecule has 2 aromatic rings. The highest BCUT2D eigenvalue weighted by Gasteiger charge is 2.23. The van der Waals surface area contributed by atoms with Crippen molar-refractivity contribution in [3.8, 4) is 17.6 Å². The second-order valence-electron chi connectivity index (χ2n) is 6.96. The maximum Gasteiger partial charge on any atom is 0.275 e. The Hall–Kier alpha value is -3.31. The number of nitriles is 1. The lowest BCUT2D eigenvalue weighted by molar-refractivity contribution is -0.385. The molecule has 0 aromatic heterocycles. The molecule has 0 spiro atoms. The topological polar surface area (TPSA) is 91.9 Å². The molecular weight excluding hydrogens is 372 g/mol. The van der Waals surface area contributed by atoms with Gasteiger partial charge in [-0.25, -0.2) is 0 Å². The zero-order chi connectivity index (χ0) is 21.0. The molecule has 0 saturated carbocycles. The van der Waals surface area contributed by atoms with Crippen LogP contribution >= 0.6 is 0 Å². The van der Waals surface area contributed by atoms with Gasteiger partial charge in [0.1, 0.15) is 0 Å². The molecule has 1 saturated heterocycles. The summed E-state index contributed by atoms with van der Waals surface area (Å²) in [5.74, 6) is 1.41. The van der Waals surface area contributed by atoms with Crippen LogP contribution in [0.5, 0.6) is 11.5 Å². The standard InChI is InChI=1S/C21H24N4O4/c1-15-18(10-17(13-22)11-19(15)25(26)27)24-8-6-23(7-9-24)14-16-4-5-20(28-2)21(12-16)29-3/h4-5,10-12H,6-9,14H2,1-3H3. The molecule has 0 N–H and O–H groups in total. The van der Waals surface area contributed by atoms with E-state index in [0.29, 0.717) is 22.6 Å². The van der Waals surface area contributed by atoms with Gasteiger partial charge in [0.15, 0.2) is 11.5 Å². The molecule has 152 valence electrons. The third-order valence-corrected chi connectivity index (χ3v) is 5.25. The smallest absolute Gasteiger partial charge is 0.275 e. The Morgan fingerprint density at radius 1 is 1.10 bits per heavy atom. The summed E-state index contributed by atoms with van der Waals surface area (Å²) in [6, 6.07) is 11.0. The molecule has 29 heavy (non-hydrogen) atoms. The van der Waals surface area contributed by atoms with Gasteiger partial charge in [-0.2, -0.15) is 5.26 Å². The number of nitrogens with zero attached hydrogens (tertiary/aromatic N) is 4. The Kier molecular flexibility index (Phi) is 6.20. The molecule has 0 amide bonds. The van der Waals surface area contributed by atoms with Gasteiger partial charge in [-0.05, 0) is 30.7 Å². The van der Waals surface area contributed by atoms with Crippen molar-refractivity contribution in [3.05, 3.63) is 57.1 Å². The lowest BCUT2D eigenvalue weighted by atomic mass is 10.1. The van der Waals surface area contributed by atoms with Gasteiger partial charge in [0.05, 0.1) is 36.3 Å². The van der Waals surface area contributed by atoms with Crippen molar-refractivity contribution in [1.29, 1.82) is 5.26 Å². The SMILES string of the molecule is COc1ccc(CN2CCN(c3cc(C#N)cc([N+](=O)[O-])c3C)CC2)cc1OC. The molecule has 8 heteroatoms. The number of hydrogen-bond acceptors (Lipinski definition) is 7. The highest BCUT2D eigenvalue weighted by Crippen LogP contribution is 2.32. The fraction of sp³-hybridized carbons (Fsp3) is 0.381. The van der Waals surface area contributed by atoms with Crippen LogP contribution < -0.4 is 14.4 Å². The van der Waals surface area contributed by atoms with E-state index in [4.69, 9.17) is 9.47 Å². The third-order valence-electron chi connectivity index (χ3n) is 5.25. The first-order valence-corrected chi connectivity index (χ1v) is 9.34. The van der Waals surface area contributed by atoms with Crippen LogP contribution in [0, 0.1) is 28.4 Å². The summed E-state index contributed by atoms with van der Waals surface area (Å²) in [5.41, 5.74) is 2.80. The second-order valence-corrected chi connectivity index (χ2v) is 6.96. The maximum absolute atomic E-state index is 11.3. The van der Waals surface area contributed by atoms with Gasteiger partial charge in [0.2, 0.25) is 0 Å². The minimum absolute atomic E-state index is 0.00759. The van der Waals surface area contributed by atoms with E-state index in [-0.39, 0.29) is 5.69 Å². The van der Waals surface area contributed by atoms with Crippen molar-refractivity contribution >= 4 is 11.4 Å². The predicted octanol–water partition coefficient (Wildman–Crippen LogP) is 3.11. The Bertz CT molecular complexity index is 946. The number of methoxy groups -OCH3 is 2. The van der Waals surface area contributed by atoms with Gasteiger partial charge >= 0.3 is 0 Å². The van der Waals surface area contributed by atoms with Gasteiger partial charge in [-0.1, -0.05) is 6.07 Å². The first-order chi connectivity index (χ1) is 14.0. The molecule has 1 heterocycles. The van der Waals surface area contributed by atoms with Crippen LogP contribution in [0.3, 0.4) is 0 Å². The molecule has 1 aliphatic heterocycles. The molecule has 0 radical (unpaired) electrons. The van der Waals surface area contributed by atoms with Crippen molar-refractivity contribution in [1.82, 2.24) is 4.90 Å². The fourth-order valence-corrected chi connectivity index (χ4v) is 3.65. The van der Waals surface area contributed by atoms with E-state index in [0.717, 1.165) is 44.0 Å². The normalized spacial score (nSPS) is 14.3. The number of anilines is 1. The maximum atomic E-state index is 11.3. The summed E-state index contributed by atoms with van der Waals surface area (Å²) >= 11 is 0. The Morgan fingerprint density at radius 3 is 2.38 bits per heavy atom. The number of rotatable bonds is 6. The van der Waals surface area contributed by atoms with Crippen LogP contribution in [-0.2, 0) is 6.54 Å². The molecule has 0 unspecified atom stereocenters. The molecule has 2 aromatic carbocycles. The molecule has 1 aliphatic rings. The molecule has 3 rings (SSSR count). The highest BCUT2D eigenvalue weighted by atomic mass is 16.6. The summed E-state index contributed by atoms with van der Waals surface area (Å²) in [7, 11) is 3.24. The number of hydrogen-bond donors (Lipinski definition) is 0. The van der Waals surface area contributed by atoms with E-state index < -0.39 is 4.92 Å². The number of piperazine rings is 1. The molecular formula is C21H24N4O4. The summed E-state index contributed by atoms with van der Waals surface area (Å²) in [6.07, 6.45) is 0. The van der Waals surface area contributed by atoms with Gasteiger partial charge < -0.3 is 14.4 Å². The number of nitro benzene ring substituents is 1. The van der Waals surface area contributed by atoms with Crippen LogP contribution in [0.4, 0.5) is 11.4 Å². The fourth-order valence-electron chi connectivity index (χ4n) is 3.65. The Morgan fingerprint density at radius 2 is 1.79 bits per heavy atom. The van der Waals surface area contributed by atoms with E-state index in [2.05, 4.69) is 9.80 Å². The number of benzene rings is 2. The quantitative estimate of drug-likeness (QED) is 0.547. The van der Waals surface area contributed by atoms with Crippen LogP contribution in [0.1, 0.15) is 16.7 Å². The number of nitro groups is 1. The molecule has 1 fully saturated rings. The summed E-state index contributed by atoms with van der Waals surface area (Å²) in [5, 5.41) is 20.6. The van der Waals surface area contributed by atoms with Crippen LogP contribution in [0.2, 0.25) is 0 Å². The van der Waals surface area contributed by atoms with Crippen LogP contribution in [0.25, 0.3) is 0 Å².